The average molecular weight is 274 g/mol. The summed E-state index contributed by atoms with van der Waals surface area (Å²) in [5.41, 5.74) is -1.53. The lowest BCUT2D eigenvalue weighted by Gasteiger charge is -2.27. The molecule has 2 heterocycles. The normalized spacial score (nSPS) is 34.7. The molecule has 9 nitrogen and oxygen atoms in total. The number of hydrogen-bond donors (Lipinski definition) is 4. The van der Waals surface area contributed by atoms with Crippen LogP contribution in [0, 0.1) is 0 Å². The minimum Gasteiger partial charge on any atom is -0.394 e. The predicted molar refractivity (Wildman–Crippen MR) is 60.1 cm³/mol. The van der Waals surface area contributed by atoms with Crippen molar-refractivity contribution in [2.45, 2.75) is 24.2 Å². The summed E-state index contributed by atoms with van der Waals surface area (Å²) in [7, 11) is 1.19. The van der Waals surface area contributed by atoms with Gasteiger partial charge in [0.2, 0.25) is 0 Å². The molecular formula is C10H14N2O7. The Balaban J connectivity index is 2.56. The number of aromatic nitrogens is 2. The van der Waals surface area contributed by atoms with Gasteiger partial charge in [-0.3, -0.25) is 9.36 Å². The van der Waals surface area contributed by atoms with Gasteiger partial charge in [-0.05, 0) is 0 Å². The quantitative estimate of drug-likeness (QED) is 0.435. The van der Waals surface area contributed by atoms with Gasteiger partial charge in [0.15, 0.2) is 6.10 Å². The molecule has 1 saturated heterocycles. The monoisotopic (exact) mass is 274 g/mol. The molecule has 9 heteroatoms. The first-order chi connectivity index (χ1) is 8.82. The Hall–Kier alpha value is -1.52. The second-order valence-electron chi connectivity index (χ2n) is 4.30. The van der Waals surface area contributed by atoms with E-state index in [1.165, 1.54) is 7.05 Å². The van der Waals surface area contributed by atoms with E-state index in [9.17, 15) is 24.9 Å². The van der Waals surface area contributed by atoms with Crippen LogP contribution in [0.25, 0.3) is 0 Å². The molecular weight excluding hydrogens is 260 g/mol. The van der Waals surface area contributed by atoms with Gasteiger partial charge < -0.3 is 25.2 Å². The maximum absolute atomic E-state index is 11.9. The van der Waals surface area contributed by atoms with Gasteiger partial charge in [-0.15, -0.1) is 0 Å². The predicted octanol–water partition coefficient (Wildman–Crippen LogP) is -3.74. The van der Waals surface area contributed by atoms with Crippen molar-refractivity contribution in [2.24, 2.45) is 7.05 Å². The van der Waals surface area contributed by atoms with Crippen LogP contribution in [0.5, 0.6) is 0 Å². The molecule has 106 valence electrons. The molecule has 4 atom stereocenters. The Labute approximate surface area is 106 Å². The maximum Gasteiger partial charge on any atom is 0.335 e. The van der Waals surface area contributed by atoms with E-state index in [1.54, 1.807) is 0 Å². The molecule has 0 aromatic carbocycles. The molecule has 0 bridgehead atoms. The van der Waals surface area contributed by atoms with Gasteiger partial charge in [-0.1, -0.05) is 0 Å². The van der Waals surface area contributed by atoms with E-state index in [-0.39, 0.29) is 0 Å². The first kappa shape index (κ1) is 13.9. The van der Waals surface area contributed by atoms with Crippen LogP contribution in [0.15, 0.2) is 21.9 Å². The van der Waals surface area contributed by atoms with Crippen molar-refractivity contribution in [3.8, 4) is 0 Å². The van der Waals surface area contributed by atoms with E-state index in [4.69, 9.17) is 9.84 Å². The van der Waals surface area contributed by atoms with Gasteiger partial charge in [0.25, 0.3) is 11.5 Å². The summed E-state index contributed by atoms with van der Waals surface area (Å²) in [6.07, 6.45) is -3.72. The highest BCUT2D eigenvalue weighted by Gasteiger charge is 2.55. The molecule has 0 radical (unpaired) electrons. The number of rotatable bonds is 2. The van der Waals surface area contributed by atoms with E-state index >= 15 is 0 Å². The Morgan fingerprint density at radius 2 is 2.05 bits per heavy atom. The van der Waals surface area contributed by atoms with Crippen molar-refractivity contribution >= 4 is 0 Å². The molecule has 0 aliphatic carbocycles. The molecule has 0 spiro atoms. The molecule has 1 aliphatic rings. The zero-order valence-corrected chi connectivity index (χ0v) is 10.0. The van der Waals surface area contributed by atoms with E-state index in [0.717, 1.165) is 12.3 Å². The lowest BCUT2D eigenvalue weighted by atomic mass is 10.1. The van der Waals surface area contributed by atoms with Crippen molar-refractivity contribution < 1.29 is 25.2 Å². The third kappa shape index (κ3) is 1.91. The van der Waals surface area contributed by atoms with Crippen LogP contribution in [0.1, 0.15) is 0 Å². The van der Waals surface area contributed by atoms with Crippen LogP contribution in [0.3, 0.4) is 0 Å². The van der Waals surface area contributed by atoms with Crippen LogP contribution in [0.4, 0.5) is 0 Å². The SMILES string of the molecule is Cn1c(=O)ccn([C@]2(O)O[C@H](CO)[C@@H](O)[C@H]2O)c1=O. The highest BCUT2D eigenvalue weighted by atomic mass is 16.7. The number of ether oxygens (including phenoxy) is 1. The summed E-state index contributed by atoms with van der Waals surface area (Å²) in [5.74, 6) is -2.55. The van der Waals surface area contributed by atoms with E-state index < -0.39 is 42.1 Å². The number of nitrogens with zero attached hydrogens (tertiary/aromatic N) is 2. The number of aliphatic hydroxyl groups excluding tert-OH is 3. The number of aliphatic hydroxyl groups is 4. The van der Waals surface area contributed by atoms with Gasteiger partial charge in [0, 0.05) is 19.3 Å². The summed E-state index contributed by atoms with van der Waals surface area (Å²) in [4.78, 5) is 23.1. The highest BCUT2D eigenvalue weighted by molar-refractivity contribution is 4.97. The topological polar surface area (TPSA) is 134 Å². The third-order valence-corrected chi connectivity index (χ3v) is 3.13. The minimum atomic E-state index is -2.55. The number of hydrogen-bond acceptors (Lipinski definition) is 7. The molecule has 0 saturated carbocycles. The van der Waals surface area contributed by atoms with Gasteiger partial charge in [-0.25, -0.2) is 9.36 Å². The van der Waals surface area contributed by atoms with Crippen molar-refractivity contribution in [3.05, 3.63) is 33.1 Å². The first-order valence-electron chi connectivity index (χ1n) is 5.49. The van der Waals surface area contributed by atoms with Gasteiger partial charge >= 0.3 is 5.69 Å². The summed E-state index contributed by atoms with van der Waals surface area (Å²) in [6, 6.07) is 0.994. The van der Waals surface area contributed by atoms with Crippen molar-refractivity contribution in [1.29, 1.82) is 0 Å². The van der Waals surface area contributed by atoms with Crippen molar-refractivity contribution in [2.75, 3.05) is 6.61 Å². The van der Waals surface area contributed by atoms with E-state index in [2.05, 4.69) is 0 Å². The zero-order chi connectivity index (χ0) is 14.4. The first-order valence-corrected chi connectivity index (χ1v) is 5.49. The smallest absolute Gasteiger partial charge is 0.335 e. The molecule has 1 aromatic rings. The molecule has 1 aromatic heterocycles. The zero-order valence-electron chi connectivity index (χ0n) is 10.0. The lowest BCUT2D eigenvalue weighted by molar-refractivity contribution is -0.291. The van der Waals surface area contributed by atoms with Crippen molar-refractivity contribution in [3.63, 3.8) is 0 Å². The Morgan fingerprint density at radius 3 is 2.58 bits per heavy atom. The van der Waals surface area contributed by atoms with Crippen LogP contribution >= 0.6 is 0 Å². The summed E-state index contributed by atoms with van der Waals surface area (Å²) < 4.78 is 6.22. The summed E-state index contributed by atoms with van der Waals surface area (Å²) >= 11 is 0. The van der Waals surface area contributed by atoms with E-state index in [0.29, 0.717) is 9.13 Å². The lowest BCUT2D eigenvalue weighted by Crippen LogP contribution is -2.53. The molecule has 1 fully saturated rings. The Kier molecular flexibility index (Phi) is 3.32. The summed E-state index contributed by atoms with van der Waals surface area (Å²) in [6.45, 7) is -0.652. The molecule has 0 amide bonds. The second kappa shape index (κ2) is 4.54. The molecule has 19 heavy (non-hydrogen) atoms. The highest BCUT2D eigenvalue weighted by Crippen LogP contribution is 2.31. The van der Waals surface area contributed by atoms with Gasteiger partial charge in [0.1, 0.15) is 12.2 Å². The fourth-order valence-electron chi connectivity index (χ4n) is 1.95. The van der Waals surface area contributed by atoms with Crippen LogP contribution < -0.4 is 11.2 Å². The van der Waals surface area contributed by atoms with Crippen LogP contribution in [0.2, 0.25) is 0 Å². The van der Waals surface area contributed by atoms with Gasteiger partial charge in [-0.2, -0.15) is 0 Å². The molecule has 1 aliphatic heterocycles. The van der Waals surface area contributed by atoms with Gasteiger partial charge in [0.05, 0.1) is 6.61 Å². The fourth-order valence-corrected chi connectivity index (χ4v) is 1.95. The van der Waals surface area contributed by atoms with Crippen LogP contribution in [-0.4, -0.2) is 54.5 Å². The molecule has 0 unspecified atom stereocenters. The summed E-state index contributed by atoms with van der Waals surface area (Å²) in [5, 5.41) is 38.5. The van der Waals surface area contributed by atoms with Crippen LogP contribution in [-0.2, 0) is 17.7 Å². The molecule has 2 rings (SSSR count). The third-order valence-electron chi connectivity index (χ3n) is 3.13. The Morgan fingerprint density at radius 1 is 1.42 bits per heavy atom. The fraction of sp³-hybridized carbons (Fsp3) is 0.600. The molecule has 4 N–H and O–H groups in total. The minimum absolute atomic E-state index is 0.581. The second-order valence-corrected chi connectivity index (χ2v) is 4.30. The average Bonchev–Trinajstić information content (AvgIpc) is 2.61. The Bertz CT molecular complexity index is 594. The largest absolute Gasteiger partial charge is 0.394 e. The maximum atomic E-state index is 11.9. The van der Waals surface area contributed by atoms with Crippen molar-refractivity contribution in [1.82, 2.24) is 9.13 Å². The standard InChI is InChI=1S/C10H14N2O7/c1-11-6(14)2-3-12(9(11)17)10(18)8(16)7(15)5(4-13)19-10/h2-3,5,7-8,13,15-16,18H,4H2,1H3/t5-,7-,8-,10-/m1/s1. The van der Waals surface area contributed by atoms with E-state index in [1.807, 2.05) is 0 Å².